The van der Waals surface area contributed by atoms with Crippen LogP contribution in [-0.2, 0) is 13.1 Å². The van der Waals surface area contributed by atoms with Crippen LogP contribution in [0.15, 0.2) is 93.7 Å². The summed E-state index contributed by atoms with van der Waals surface area (Å²) in [6, 6.07) is 24.3. The van der Waals surface area contributed by atoms with Crippen LogP contribution in [0.1, 0.15) is 17.5 Å². The minimum Gasteiger partial charge on any atom is -0.352 e. The number of thioether (sulfide) groups is 1. The van der Waals surface area contributed by atoms with Gasteiger partial charge in [-0.2, -0.15) is 0 Å². The molecule has 0 radical (unpaired) electrons. The summed E-state index contributed by atoms with van der Waals surface area (Å²) in [5, 5.41) is 3.51. The molecule has 33 heavy (non-hydrogen) atoms. The summed E-state index contributed by atoms with van der Waals surface area (Å²) < 4.78 is 1.72. The van der Waals surface area contributed by atoms with E-state index < -0.39 is 0 Å². The van der Waals surface area contributed by atoms with Crippen LogP contribution in [0.25, 0.3) is 0 Å². The zero-order chi connectivity index (χ0) is 22.2. The molecule has 5 nitrogen and oxygen atoms in total. The highest BCUT2D eigenvalue weighted by atomic mass is 127. The maximum Gasteiger partial charge on any atom is 0.250 e. The van der Waals surface area contributed by atoms with E-state index in [1.807, 2.05) is 31.1 Å². The third kappa shape index (κ3) is 7.37. The van der Waals surface area contributed by atoms with Gasteiger partial charge in [-0.05, 0) is 41.7 Å². The standard InChI is InChI=1S/C26H30N4OS.HI/c1-27-26(30-16-14-23(19-30)20-32-24-7-3-2-4-8-24)28-17-21-10-12-22(13-11-21)18-29-15-6-5-9-25(29)31;/h2-13,15,23H,14,16-20H2,1H3,(H,27,28);1H. The van der Waals surface area contributed by atoms with Gasteiger partial charge in [0.25, 0.3) is 5.56 Å². The van der Waals surface area contributed by atoms with Crippen LogP contribution >= 0.6 is 35.7 Å². The van der Waals surface area contributed by atoms with Gasteiger partial charge >= 0.3 is 0 Å². The Morgan fingerprint density at radius 1 is 1.03 bits per heavy atom. The molecule has 3 aromatic rings. The second kappa shape index (κ2) is 12.8. The van der Waals surface area contributed by atoms with Crippen molar-refractivity contribution in [2.45, 2.75) is 24.4 Å². The molecule has 1 aromatic heterocycles. The fourth-order valence-corrected chi connectivity index (χ4v) is 5.01. The van der Waals surface area contributed by atoms with Gasteiger partial charge in [0.15, 0.2) is 5.96 Å². The molecule has 1 fully saturated rings. The van der Waals surface area contributed by atoms with Gasteiger partial charge in [-0.3, -0.25) is 9.79 Å². The van der Waals surface area contributed by atoms with Crippen LogP contribution in [-0.4, -0.2) is 41.3 Å². The lowest BCUT2D eigenvalue weighted by Gasteiger charge is -2.22. The monoisotopic (exact) mass is 574 g/mol. The molecule has 4 rings (SSSR count). The van der Waals surface area contributed by atoms with E-state index in [9.17, 15) is 4.79 Å². The lowest BCUT2D eigenvalue weighted by Crippen LogP contribution is -2.39. The number of nitrogens with one attached hydrogen (secondary N) is 1. The second-order valence-electron chi connectivity index (χ2n) is 8.11. The summed E-state index contributed by atoms with van der Waals surface area (Å²) in [7, 11) is 1.86. The number of hydrogen-bond donors (Lipinski definition) is 1. The lowest BCUT2D eigenvalue weighted by atomic mass is 10.1. The van der Waals surface area contributed by atoms with E-state index in [0.717, 1.165) is 36.9 Å². The van der Waals surface area contributed by atoms with Gasteiger partial charge in [0, 0.05) is 49.6 Å². The van der Waals surface area contributed by atoms with E-state index in [1.54, 1.807) is 16.7 Å². The Hall–Kier alpha value is -2.26. The molecule has 174 valence electrons. The fourth-order valence-electron chi connectivity index (χ4n) is 3.96. The van der Waals surface area contributed by atoms with Crippen LogP contribution in [0.2, 0.25) is 0 Å². The number of nitrogens with zero attached hydrogens (tertiary/aromatic N) is 3. The average Bonchev–Trinajstić information content (AvgIpc) is 3.30. The number of benzene rings is 2. The molecule has 0 spiro atoms. The van der Waals surface area contributed by atoms with Gasteiger partial charge in [0.2, 0.25) is 0 Å². The van der Waals surface area contributed by atoms with Crippen molar-refractivity contribution in [3.63, 3.8) is 0 Å². The molecule has 2 aromatic carbocycles. The Kier molecular flexibility index (Phi) is 9.87. The molecule has 1 aliphatic rings. The van der Waals surface area contributed by atoms with Crippen molar-refractivity contribution in [2.75, 3.05) is 25.9 Å². The number of halogens is 1. The van der Waals surface area contributed by atoms with E-state index in [2.05, 4.69) is 69.8 Å². The first-order valence-corrected chi connectivity index (χ1v) is 12.1. The molecule has 2 heterocycles. The zero-order valence-corrected chi connectivity index (χ0v) is 22.0. The molecule has 0 amide bonds. The molecule has 7 heteroatoms. The molecule has 1 saturated heterocycles. The first kappa shape index (κ1) is 25.4. The summed E-state index contributed by atoms with van der Waals surface area (Å²) >= 11 is 1.94. The Balaban J connectivity index is 0.00000306. The highest BCUT2D eigenvalue weighted by Gasteiger charge is 2.24. The third-order valence-corrected chi connectivity index (χ3v) is 7.00. The van der Waals surface area contributed by atoms with Gasteiger partial charge in [0.05, 0.1) is 6.54 Å². The quantitative estimate of drug-likeness (QED) is 0.192. The van der Waals surface area contributed by atoms with Crippen molar-refractivity contribution >= 4 is 41.7 Å². The van der Waals surface area contributed by atoms with E-state index in [1.165, 1.54) is 16.9 Å². The van der Waals surface area contributed by atoms with Gasteiger partial charge in [0.1, 0.15) is 0 Å². The molecular formula is C26H31IN4OS. The number of aliphatic imine (C=N–C) groups is 1. The van der Waals surface area contributed by atoms with Crippen molar-refractivity contribution in [1.82, 2.24) is 14.8 Å². The highest BCUT2D eigenvalue weighted by Crippen LogP contribution is 2.25. The molecule has 1 unspecified atom stereocenters. The van der Waals surface area contributed by atoms with Crippen molar-refractivity contribution in [3.8, 4) is 0 Å². The van der Waals surface area contributed by atoms with Crippen molar-refractivity contribution < 1.29 is 0 Å². The van der Waals surface area contributed by atoms with E-state index in [4.69, 9.17) is 0 Å². The molecule has 0 bridgehead atoms. The molecule has 0 saturated carbocycles. The van der Waals surface area contributed by atoms with E-state index >= 15 is 0 Å². The number of guanidine groups is 1. The summed E-state index contributed by atoms with van der Waals surface area (Å²) in [4.78, 5) is 20.1. The maximum absolute atomic E-state index is 11.9. The smallest absolute Gasteiger partial charge is 0.250 e. The molecule has 0 aliphatic carbocycles. The van der Waals surface area contributed by atoms with Crippen LogP contribution in [0.3, 0.4) is 0 Å². The Morgan fingerprint density at radius 3 is 2.48 bits per heavy atom. The lowest BCUT2D eigenvalue weighted by molar-refractivity contribution is 0.474. The van der Waals surface area contributed by atoms with Crippen molar-refractivity contribution in [3.05, 3.63) is 100 Å². The molecule has 1 aliphatic heterocycles. The molecule has 1 atom stereocenters. The summed E-state index contributed by atoms with van der Waals surface area (Å²) in [5.41, 5.74) is 2.34. The van der Waals surface area contributed by atoms with Gasteiger partial charge in [-0.25, -0.2) is 0 Å². The zero-order valence-electron chi connectivity index (χ0n) is 18.9. The topological polar surface area (TPSA) is 49.6 Å². The highest BCUT2D eigenvalue weighted by molar-refractivity contribution is 14.0. The van der Waals surface area contributed by atoms with Crippen LogP contribution in [0.5, 0.6) is 0 Å². The normalized spacial score (nSPS) is 15.8. The van der Waals surface area contributed by atoms with Gasteiger partial charge < -0.3 is 14.8 Å². The summed E-state index contributed by atoms with van der Waals surface area (Å²) in [6.45, 7) is 3.41. The van der Waals surface area contributed by atoms with Gasteiger partial charge in [-0.15, -0.1) is 35.7 Å². The Bertz CT molecular complexity index is 1090. The molecular weight excluding hydrogens is 543 g/mol. The van der Waals surface area contributed by atoms with Crippen LogP contribution < -0.4 is 10.9 Å². The van der Waals surface area contributed by atoms with Gasteiger partial charge in [-0.1, -0.05) is 48.5 Å². The molecule has 1 N–H and O–H groups in total. The Labute approximate surface area is 217 Å². The van der Waals surface area contributed by atoms with Crippen molar-refractivity contribution in [1.29, 1.82) is 0 Å². The Morgan fingerprint density at radius 2 is 1.76 bits per heavy atom. The average molecular weight is 575 g/mol. The first-order chi connectivity index (χ1) is 15.7. The number of hydrogen-bond acceptors (Lipinski definition) is 3. The minimum atomic E-state index is 0. The minimum absolute atomic E-state index is 0. The predicted molar refractivity (Wildman–Crippen MR) is 149 cm³/mol. The van der Waals surface area contributed by atoms with Crippen LogP contribution in [0, 0.1) is 5.92 Å². The number of likely N-dealkylation sites (tertiary alicyclic amines) is 1. The predicted octanol–water partition coefficient (Wildman–Crippen LogP) is 4.70. The first-order valence-electron chi connectivity index (χ1n) is 11.1. The summed E-state index contributed by atoms with van der Waals surface area (Å²) in [5.74, 6) is 2.79. The number of rotatable bonds is 7. The fraction of sp³-hybridized carbons (Fsp3) is 0.308. The summed E-state index contributed by atoms with van der Waals surface area (Å²) in [6.07, 6.45) is 3.03. The maximum atomic E-state index is 11.9. The van der Waals surface area contributed by atoms with Crippen LogP contribution in [0.4, 0.5) is 0 Å². The SMILES string of the molecule is CN=C(NCc1ccc(Cn2ccccc2=O)cc1)N1CCC(CSc2ccccc2)C1.I. The van der Waals surface area contributed by atoms with E-state index in [-0.39, 0.29) is 29.5 Å². The second-order valence-corrected chi connectivity index (χ2v) is 9.20. The van der Waals surface area contributed by atoms with E-state index in [0.29, 0.717) is 12.5 Å². The largest absolute Gasteiger partial charge is 0.352 e. The number of aromatic nitrogens is 1. The van der Waals surface area contributed by atoms with Crippen molar-refractivity contribution in [2.24, 2.45) is 10.9 Å². The number of pyridine rings is 1. The third-order valence-electron chi connectivity index (χ3n) is 5.75.